The van der Waals surface area contributed by atoms with Crippen molar-refractivity contribution in [3.05, 3.63) is 54.2 Å². The molecule has 0 spiro atoms. The van der Waals surface area contributed by atoms with Crippen molar-refractivity contribution < 1.29 is 13.2 Å². The summed E-state index contributed by atoms with van der Waals surface area (Å²) in [5.74, 6) is 0. The van der Waals surface area contributed by atoms with Gasteiger partial charge >= 0.3 is 0 Å². The van der Waals surface area contributed by atoms with E-state index in [-0.39, 0.29) is 6.61 Å². The summed E-state index contributed by atoms with van der Waals surface area (Å²) in [5.41, 5.74) is 5.19. The van der Waals surface area contributed by atoms with Gasteiger partial charge in [0, 0.05) is 29.6 Å². The molecule has 1 N–H and O–H groups in total. The summed E-state index contributed by atoms with van der Waals surface area (Å²) in [4.78, 5) is 9.06. The van der Waals surface area contributed by atoms with Crippen molar-refractivity contribution in [2.24, 2.45) is 0 Å². The van der Waals surface area contributed by atoms with Crippen LogP contribution >= 0.6 is 11.3 Å². The van der Waals surface area contributed by atoms with Gasteiger partial charge in [-0.15, -0.1) is 11.3 Å². The summed E-state index contributed by atoms with van der Waals surface area (Å²) in [6, 6.07) is 13.0. The van der Waals surface area contributed by atoms with Crippen molar-refractivity contribution in [1.29, 1.82) is 0 Å². The van der Waals surface area contributed by atoms with Gasteiger partial charge in [0.2, 0.25) is 0 Å². The third-order valence-corrected chi connectivity index (χ3v) is 8.18. The Morgan fingerprint density at radius 3 is 2.86 bits per heavy atom. The largest absolute Gasteiger partial charge is 0.380 e. The van der Waals surface area contributed by atoms with Crippen molar-refractivity contribution in [1.82, 2.24) is 9.97 Å². The second-order valence-electron chi connectivity index (χ2n) is 7.08. The molecule has 0 unspecified atom stereocenters. The first-order valence-electron chi connectivity index (χ1n) is 9.42. The van der Waals surface area contributed by atoms with E-state index in [1.54, 1.807) is 35.7 Å². The maximum atomic E-state index is 13.1. The number of hydrogen-bond donors (Lipinski definition) is 1. The summed E-state index contributed by atoms with van der Waals surface area (Å²) in [6.07, 6.45) is 3.12. The molecule has 5 rings (SSSR count). The van der Waals surface area contributed by atoms with Crippen LogP contribution < -0.4 is 5.32 Å². The maximum Gasteiger partial charge on any atom is 0.183 e. The fourth-order valence-electron chi connectivity index (χ4n) is 3.65. The first-order chi connectivity index (χ1) is 14.1. The zero-order chi connectivity index (χ0) is 19.8. The molecule has 0 bridgehead atoms. The molecule has 1 fully saturated rings. The summed E-state index contributed by atoms with van der Waals surface area (Å²) >= 11 is 1.60. The molecule has 29 heavy (non-hydrogen) atoms. The zero-order valence-electron chi connectivity index (χ0n) is 15.5. The molecule has 1 aliphatic heterocycles. The van der Waals surface area contributed by atoms with Crippen LogP contribution in [0.5, 0.6) is 0 Å². The average Bonchev–Trinajstić information content (AvgIpc) is 3.22. The Labute approximate surface area is 172 Å². The lowest BCUT2D eigenvalue weighted by Crippen LogP contribution is -2.30. The van der Waals surface area contributed by atoms with Crippen molar-refractivity contribution in [2.75, 3.05) is 18.5 Å². The smallest absolute Gasteiger partial charge is 0.183 e. The van der Waals surface area contributed by atoms with Gasteiger partial charge in [-0.3, -0.25) is 4.98 Å². The lowest BCUT2D eigenvalue weighted by molar-refractivity contribution is 0.0991. The number of fused-ring (bicyclic) bond motifs is 2. The summed E-state index contributed by atoms with van der Waals surface area (Å²) < 4.78 is 32.7. The standard InChI is InChI=1S/C21H19N3O3S2/c25-29(26,16-2-1-9-27-12-16)15-4-5-18-17(11-15)19(7-8-22-18)24-14-3-6-21-20(10-14)23-13-28-21/h3-8,10-11,13,16H,1-2,9,12H2,(H,22,24)/t16-/m0/s1. The van der Waals surface area contributed by atoms with Gasteiger partial charge in [-0.2, -0.15) is 0 Å². The molecule has 148 valence electrons. The van der Waals surface area contributed by atoms with Crippen molar-refractivity contribution >= 4 is 53.7 Å². The second kappa shape index (κ2) is 7.37. The van der Waals surface area contributed by atoms with Gasteiger partial charge in [0.05, 0.1) is 38.0 Å². The van der Waals surface area contributed by atoms with E-state index in [4.69, 9.17) is 4.74 Å². The van der Waals surface area contributed by atoms with E-state index in [0.717, 1.165) is 38.9 Å². The first-order valence-corrected chi connectivity index (χ1v) is 11.8. The van der Waals surface area contributed by atoms with Crippen LogP contribution in [0.3, 0.4) is 0 Å². The molecule has 1 atom stereocenters. The molecule has 3 heterocycles. The molecular formula is C21H19N3O3S2. The predicted octanol–water partition coefficient (Wildman–Crippen LogP) is 4.54. The molecule has 2 aromatic carbocycles. The van der Waals surface area contributed by atoms with E-state index in [1.807, 2.05) is 29.8 Å². The summed E-state index contributed by atoms with van der Waals surface area (Å²) in [6.45, 7) is 0.886. The topological polar surface area (TPSA) is 81.2 Å². The van der Waals surface area contributed by atoms with Gasteiger partial charge in [0.25, 0.3) is 0 Å². The third-order valence-electron chi connectivity index (χ3n) is 5.21. The molecule has 1 aliphatic rings. The van der Waals surface area contributed by atoms with Gasteiger partial charge in [-0.1, -0.05) is 0 Å². The van der Waals surface area contributed by atoms with E-state index < -0.39 is 15.1 Å². The van der Waals surface area contributed by atoms with Crippen LogP contribution in [0.2, 0.25) is 0 Å². The molecule has 0 radical (unpaired) electrons. The van der Waals surface area contributed by atoms with Crippen LogP contribution in [0.15, 0.2) is 59.1 Å². The number of aromatic nitrogens is 2. The number of pyridine rings is 1. The minimum absolute atomic E-state index is 0.256. The average molecular weight is 426 g/mol. The highest BCUT2D eigenvalue weighted by Gasteiger charge is 2.30. The molecule has 4 aromatic rings. The van der Waals surface area contributed by atoms with Gasteiger partial charge in [0.15, 0.2) is 9.84 Å². The highest BCUT2D eigenvalue weighted by Crippen LogP contribution is 2.31. The molecule has 0 aliphatic carbocycles. The number of anilines is 2. The minimum atomic E-state index is -3.45. The highest BCUT2D eigenvalue weighted by atomic mass is 32.2. The van der Waals surface area contributed by atoms with Crippen LogP contribution in [-0.4, -0.2) is 36.8 Å². The number of sulfone groups is 1. The number of nitrogens with zero attached hydrogens (tertiary/aromatic N) is 2. The molecular weight excluding hydrogens is 406 g/mol. The van der Waals surface area contributed by atoms with Crippen LogP contribution in [0.25, 0.3) is 21.1 Å². The zero-order valence-corrected chi connectivity index (χ0v) is 17.2. The molecule has 8 heteroatoms. The number of thiazole rings is 1. The Balaban J connectivity index is 1.54. The highest BCUT2D eigenvalue weighted by molar-refractivity contribution is 7.92. The third kappa shape index (κ3) is 3.48. The number of benzene rings is 2. The van der Waals surface area contributed by atoms with E-state index in [2.05, 4.69) is 15.3 Å². The number of rotatable bonds is 4. The number of hydrogen-bond acceptors (Lipinski definition) is 7. The Morgan fingerprint density at radius 1 is 1.07 bits per heavy atom. The van der Waals surface area contributed by atoms with Crippen molar-refractivity contribution in [2.45, 2.75) is 23.0 Å². The molecule has 0 amide bonds. The van der Waals surface area contributed by atoms with Crippen molar-refractivity contribution in [3.63, 3.8) is 0 Å². The van der Waals surface area contributed by atoms with Gasteiger partial charge in [-0.05, 0) is 55.3 Å². The monoisotopic (exact) mass is 425 g/mol. The molecule has 0 saturated carbocycles. The normalized spacial score (nSPS) is 17.6. The van der Waals surface area contributed by atoms with E-state index in [0.29, 0.717) is 17.9 Å². The first kappa shape index (κ1) is 18.5. The van der Waals surface area contributed by atoms with Crippen LogP contribution in [0.1, 0.15) is 12.8 Å². The maximum absolute atomic E-state index is 13.1. The molecule has 6 nitrogen and oxygen atoms in total. The van der Waals surface area contributed by atoms with Crippen LogP contribution in [0.4, 0.5) is 11.4 Å². The Morgan fingerprint density at radius 2 is 2.00 bits per heavy atom. The summed E-state index contributed by atoms with van der Waals surface area (Å²) in [5, 5.41) is 3.67. The number of ether oxygens (including phenoxy) is 1. The Kier molecular flexibility index (Phi) is 4.69. The van der Waals surface area contributed by atoms with Crippen molar-refractivity contribution in [3.8, 4) is 0 Å². The Hall–Kier alpha value is -2.55. The lowest BCUT2D eigenvalue weighted by atomic mass is 10.2. The summed E-state index contributed by atoms with van der Waals surface area (Å²) in [7, 11) is -3.45. The fourth-order valence-corrected chi connectivity index (χ4v) is 5.99. The van der Waals surface area contributed by atoms with E-state index >= 15 is 0 Å². The van der Waals surface area contributed by atoms with E-state index in [1.165, 1.54) is 0 Å². The second-order valence-corrected chi connectivity index (χ2v) is 10.2. The molecule has 2 aromatic heterocycles. The predicted molar refractivity (Wildman–Crippen MR) is 116 cm³/mol. The van der Waals surface area contributed by atoms with Crippen LogP contribution in [0, 0.1) is 0 Å². The van der Waals surface area contributed by atoms with Gasteiger partial charge in [0.1, 0.15) is 0 Å². The quantitative estimate of drug-likeness (QED) is 0.517. The van der Waals surface area contributed by atoms with Gasteiger partial charge < -0.3 is 10.1 Å². The minimum Gasteiger partial charge on any atom is -0.380 e. The lowest BCUT2D eigenvalue weighted by Gasteiger charge is -2.22. The SMILES string of the molecule is O=S(=O)(c1ccc2nccc(Nc3ccc4scnc4c3)c2c1)[C@H]1CCCOC1. The van der Waals surface area contributed by atoms with Crippen LogP contribution in [-0.2, 0) is 14.6 Å². The van der Waals surface area contributed by atoms with Gasteiger partial charge in [-0.25, -0.2) is 13.4 Å². The number of nitrogens with one attached hydrogen (secondary N) is 1. The fraction of sp³-hybridized carbons (Fsp3) is 0.238. The van der Waals surface area contributed by atoms with E-state index in [9.17, 15) is 8.42 Å². The Bertz CT molecular complexity index is 1300. The molecule has 1 saturated heterocycles.